The molecule has 0 aliphatic rings. The van der Waals surface area contributed by atoms with Gasteiger partial charge in [-0.05, 0) is 24.7 Å². The van der Waals surface area contributed by atoms with Crippen molar-refractivity contribution in [2.75, 3.05) is 27.3 Å². The summed E-state index contributed by atoms with van der Waals surface area (Å²) in [7, 11) is 3.38. The monoisotopic (exact) mass is 262 g/mol. The molecular weight excluding hydrogens is 244 g/mol. The lowest BCUT2D eigenvalue weighted by molar-refractivity contribution is -0.118. The highest BCUT2D eigenvalue weighted by Gasteiger charge is 2.06. The van der Waals surface area contributed by atoms with Crippen molar-refractivity contribution >= 4 is 5.91 Å². The largest absolute Gasteiger partial charge is 0.495 e. The Morgan fingerprint density at radius 2 is 2.26 bits per heavy atom. The van der Waals surface area contributed by atoms with Gasteiger partial charge in [0.15, 0.2) is 0 Å². The SMILES string of the molecule is COc1ccc(CN(C)CC(N)=O)cc1C#CCO. The Kier molecular flexibility index (Phi) is 5.86. The molecule has 0 spiro atoms. The highest BCUT2D eigenvalue weighted by molar-refractivity contribution is 5.75. The van der Waals surface area contributed by atoms with Crippen molar-refractivity contribution in [3.05, 3.63) is 29.3 Å². The normalized spacial score (nSPS) is 9.89. The zero-order valence-corrected chi connectivity index (χ0v) is 11.1. The van der Waals surface area contributed by atoms with Crippen molar-refractivity contribution in [1.82, 2.24) is 4.90 Å². The summed E-state index contributed by atoms with van der Waals surface area (Å²) in [4.78, 5) is 12.6. The van der Waals surface area contributed by atoms with E-state index in [9.17, 15) is 4.79 Å². The first kappa shape index (κ1) is 15.0. The molecule has 0 bridgehead atoms. The minimum absolute atomic E-state index is 0.198. The number of hydrogen-bond acceptors (Lipinski definition) is 4. The molecule has 0 heterocycles. The van der Waals surface area contributed by atoms with Gasteiger partial charge in [-0.15, -0.1) is 0 Å². The van der Waals surface area contributed by atoms with Crippen molar-refractivity contribution in [1.29, 1.82) is 0 Å². The number of aliphatic hydroxyl groups excluding tert-OH is 1. The average molecular weight is 262 g/mol. The van der Waals surface area contributed by atoms with Gasteiger partial charge in [0.05, 0.1) is 19.2 Å². The Bertz CT molecular complexity index is 503. The van der Waals surface area contributed by atoms with Crippen molar-refractivity contribution in [3.8, 4) is 17.6 Å². The number of amides is 1. The van der Waals surface area contributed by atoms with E-state index >= 15 is 0 Å². The highest BCUT2D eigenvalue weighted by Crippen LogP contribution is 2.19. The van der Waals surface area contributed by atoms with Crippen LogP contribution in [0.5, 0.6) is 5.75 Å². The van der Waals surface area contributed by atoms with Crippen LogP contribution < -0.4 is 10.5 Å². The second kappa shape index (κ2) is 7.41. The third kappa shape index (κ3) is 5.00. The molecule has 0 atom stereocenters. The van der Waals surface area contributed by atoms with Gasteiger partial charge < -0.3 is 15.6 Å². The Balaban J connectivity index is 2.88. The topological polar surface area (TPSA) is 75.8 Å². The van der Waals surface area contributed by atoms with Gasteiger partial charge in [0, 0.05) is 6.54 Å². The maximum Gasteiger partial charge on any atom is 0.231 e. The predicted octanol–water partition coefficient (Wildman–Crippen LogP) is -0.0439. The Morgan fingerprint density at radius 3 is 2.84 bits per heavy atom. The minimum Gasteiger partial charge on any atom is -0.495 e. The van der Waals surface area contributed by atoms with Crippen LogP contribution in [0, 0.1) is 11.8 Å². The van der Waals surface area contributed by atoms with E-state index in [2.05, 4.69) is 11.8 Å². The molecule has 0 aliphatic heterocycles. The van der Waals surface area contributed by atoms with Gasteiger partial charge in [-0.25, -0.2) is 0 Å². The number of rotatable bonds is 5. The number of aliphatic hydroxyl groups is 1. The fraction of sp³-hybridized carbons (Fsp3) is 0.357. The standard InChI is InChI=1S/C14H18N2O3/c1-16(10-14(15)18)9-11-5-6-13(19-2)12(8-11)4-3-7-17/h5-6,8,17H,7,9-10H2,1-2H3,(H2,15,18). The lowest BCUT2D eigenvalue weighted by Crippen LogP contribution is -2.30. The van der Waals surface area contributed by atoms with Crippen LogP contribution in [0.3, 0.4) is 0 Å². The summed E-state index contributed by atoms with van der Waals surface area (Å²) < 4.78 is 5.20. The van der Waals surface area contributed by atoms with Crippen LogP contribution >= 0.6 is 0 Å². The second-order valence-corrected chi connectivity index (χ2v) is 4.13. The van der Waals surface area contributed by atoms with Crippen molar-refractivity contribution < 1.29 is 14.6 Å². The van der Waals surface area contributed by atoms with Crippen molar-refractivity contribution in [2.45, 2.75) is 6.54 Å². The molecule has 0 aromatic heterocycles. The van der Waals surface area contributed by atoms with E-state index < -0.39 is 0 Å². The number of hydrogen-bond donors (Lipinski definition) is 2. The Labute approximate surface area is 113 Å². The lowest BCUT2D eigenvalue weighted by atomic mass is 10.1. The summed E-state index contributed by atoms with van der Waals surface area (Å²) in [5.74, 6) is 5.71. The number of carbonyl (C=O) groups is 1. The molecule has 102 valence electrons. The average Bonchev–Trinajstić information content (AvgIpc) is 2.35. The smallest absolute Gasteiger partial charge is 0.231 e. The predicted molar refractivity (Wildman–Crippen MR) is 72.5 cm³/mol. The molecule has 0 unspecified atom stereocenters. The van der Waals surface area contributed by atoms with Gasteiger partial charge in [-0.2, -0.15) is 0 Å². The van der Waals surface area contributed by atoms with E-state index in [1.165, 1.54) is 0 Å². The number of nitrogens with two attached hydrogens (primary N) is 1. The summed E-state index contributed by atoms with van der Waals surface area (Å²) in [6, 6.07) is 5.59. The first-order valence-corrected chi connectivity index (χ1v) is 5.80. The van der Waals surface area contributed by atoms with Crippen LogP contribution in [-0.4, -0.2) is 43.2 Å². The zero-order valence-electron chi connectivity index (χ0n) is 11.1. The highest BCUT2D eigenvalue weighted by atomic mass is 16.5. The quantitative estimate of drug-likeness (QED) is 0.730. The van der Waals surface area contributed by atoms with Crippen molar-refractivity contribution in [2.24, 2.45) is 5.73 Å². The summed E-state index contributed by atoms with van der Waals surface area (Å²) >= 11 is 0. The van der Waals surface area contributed by atoms with Crippen LogP contribution in [0.4, 0.5) is 0 Å². The number of ether oxygens (including phenoxy) is 1. The summed E-state index contributed by atoms with van der Waals surface area (Å²) in [6.45, 7) is 0.583. The van der Waals surface area contributed by atoms with Crippen LogP contribution in [0.15, 0.2) is 18.2 Å². The van der Waals surface area contributed by atoms with Gasteiger partial charge in [0.2, 0.25) is 5.91 Å². The van der Waals surface area contributed by atoms with Gasteiger partial charge in [-0.3, -0.25) is 9.69 Å². The molecule has 1 aromatic rings. The second-order valence-electron chi connectivity index (χ2n) is 4.13. The molecular formula is C14H18N2O3. The minimum atomic E-state index is -0.365. The number of nitrogens with zero attached hydrogens (tertiary/aromatic N) is 1. The maximum atomic E-state index is 10.8. The molecule has 19 heavy (non-hydrogen) atoms. The molecule has 1 aromatic carbocycles. The van der Waals surface area contributed by atoms with E-state index in [1.54, 1.807) is 7.11 Å². The first-order chi connectivity index (χ1) is 9.06. The van der Waals surface area contributed by atoms with Crippen LogP contribution in [0.25, 0.3) is 0 Å². The first-order valence-electron chi connectivity index (χ1n) is 5.80. The van der Waals surface area contributed by atoms with E-state index in [4.69, 9.17) is 15.6 Å². The molecule has 5 nitrogen and oxygen atoms in total. The third-order valence-electron chi connectivity index (χ3n) is 2.44. The lowest BCUT2D eigenvalue weighted by Gasteiger charge is -2.15. The fourth-order valence-corrected chi connectivity index (χ4v) is 1.72. The zero-order chi connectivity index (χ0) is 14.3. The molecule has 0 saturated heterocycles. The number of primary amides is 1. The summed E-state index contributed by atoms with van der Waals surface area (Å²) in [6.07, 6.45) is 0. The molecule has 0 radical (unpaired) electrons. The molecule has 3 N–H and O–H groups in total. The Morgan fingerprint density at radius 1 is 1.53 bits per heavy atom. The van der Waals surface area contributed by atoms with E-state index in [-0.39, 0.29) is 19.1 Å². The molecule has 1 amide bonds. The third-order valence-corrected chi connectivity index (χ3v) is 2.44. The van der Waals surface area contributed by atoms with Gasteiger partial charge in [-0.1, -0.05) is 17.9 Å². The van der Waals surface area contributed by atoms with E-state index in [0.29, 0.717) is 17.9 Å². The van der Waals surface area contributed by atoms with Crippen LogP contribution in [0.2, 0.25) is 0 Å². The van der Waals surface area contributed by atoms with Gasteiger partial charge in [0.25, 0.3) is 0 Å². The molecule has 0 saturated carbocycles. The summed E-state index contributed by atoms with van der Waals surface area (Å²) in [5, 5.41) is 8.73. The number of carbonyl (C=O) groups excluding carboxylic acids is 1. The van der Waals surface area contributed by atoms with Crippen LogP contribution in [-0.2, 0) is 11.3 Å². The maximum absolute atomic E-state index is 10.8. The number of benzene rings is 1. The van der Waals surface area contributed by atoms with Crippen molar-refractivity contribution in [3.63, 3.8) is 0 Å². The van der Waals surface area contributed by atoms with Crippen LogP contribution in [0.1, 0.15) is 11.1 Å². The summed E-state index contributed by atoms with van der Waals surface area (Å²) in [5.41, 5.74) is 6.84. The molecule has 5 heteroatoms. The number of likely N-dealkylation sites (N-methyl/N-ethyl adjacent to an activating group) is 1. The number of methoxy groups -OCH3 is 1. The van der Waals surface area contributed by atoms with Gasteiger partial charge in [0.1, 0.15) is 12.4 Å². The molecule has 1 rings (SSSR count). The van der Waals surface area contributed by atoms with E-state index in [1.807, 2.05) is 30.1 Å². The van der Waals surface area contributed by atoms with E-state index in [0.717, 1.165) is 5.56 Å². The van der Waals surface area contributed by atoms with Gasteiger partial charge >= 0.3 is 0 Å². The molecule has 0 fully saturated rings. The molecule has 0 aliphatic carbocycles. The Hall–Kier alpha value is -2.03. The fourth-order valence-electron chi connectivity index (χ4n) is 1.72.